The Morgan fingerprint density at radius 2 is 1.95 bits per heavy atom. The molecule has 0 bridgehead atoms. The minimum absolute atomic E-state index is 0.00222. The van der Waals surface area contributed by atoms with Crippen LogP contribution in [0.5, 0.6) is 0 Å². The van der Waals surface area contributed by atoms with Crippen LogP contribution in [-0.4, -0.2) is 15.7 Å². The van der Waals surface area contributed by atoms with Gasteiger partial charge in [0, 0.05) is 23.9 Å². The van der Waals surface area contributed by atoms with E-state index >= 15 is 0 Å². The molecule has 22 heavy (non-hydrogen) atoms. The van der Waals surface area contributed by atoms with Crippen LogP contribution in [0.2, 0.25) is 0 Å². The molecule has 1 N–H and O–H groups in total. The van der Waals surface area contributed by atoms with Crippen molar-refractivity contribution >= 4 is 11.7 Å². The largest absolute Gasteiger partial charge is 0.311 e. The van der Waals surface area contributed by atoms with Crippen molar-refractivity contribution in [3.05, 3.63) is 46.9 Å². The predicted molar refractivity (Wildman–Crippen MR) is 74.0 cm³/mol. The molecule has 116 valence electrons. The Labute approximate surface area is 124 Å². The molecule has 1 aliphatic heterocycles. The van der Waals surface area contributed by atoms with Gasteiger partial charge in [-0.2, -0.15) is 5.10 Å². The summed E-state index contributed by atoms with van der Waals surface area (Å²) in [5.41, 5.74) is 0.552. The zero-order valence-corrected chi connectivity index (χ0v) is 12.0. The van der Waals surface area contributed by atoms with Gasteiger partial charge in [-0.15, -0.1) is 0 Å². The second-order valence-corrected chi connectivity index (χ2v) is 5.56. The molecule has 4 nitrogen and oxygen atoms in total. The quantitative estimate of drug-likeness (QED) is 0.865. The highest BCUT2D eigenvalue weighted by Gasteiger charge is 2.33. The third kappa shape index (κ3) is 2.17. The van der Waals surface area contributed by atoms with Gasteiger partial charge in [0.1, 0.15) is 5.82 Å². The Bertz CT molecular complexity index is 755. The lowest BCUT2D eigenvalue weighted by atomic mass is 9.87. The Balaban J connectivity index is 2.14. The third-order valence-corrected chi connectivity index (χ3v) is 3.78. The van der Waals surface area contributed by atoms with Crippen LogP contribution in [0.3, 0.4) is 0 Å². The number of rotatable bonds is 2. The molecule has 1 aromatic heterocycles. The fourth-order valence-electron chi connectivity index (χ4n) is 2.72. The second kappa shape index (κ2) is 5.15. The molecule has 0 fully saturated rings. The SMILES string of the molecule is CC(C)n1ncc2c1NC(=O)CC2c1ccc(F)c(F)c1F. The van der Waals surface area contributed by atoms with Crippen LogP contribution in [0.1, 0.15) is 43.4 Å². The van der Waals surface area contributed by atoms with E-state index in [1.54, 1.807) is 4.68 Å². The van der Waals surface area contributed by atoms with E-state index in [1.807, 2.05) is 13.8 Å². The molecule has 0 saturated heterocycles. The van der Waals surface area contributed by atoms with Gasteiger partial charge >= 0.3 is 0 Å². The minimum atomic E-state index is -1.53. The van der Waals surface area contributed by atoms with Gasteiger partial charge in [0.25, 0.3) is 0 Å². The highest BCUT2D eigenvalue weighted by molar-refractivity contribution is 5.94. The smallest absolute Gasteiger partial charge is 0.226 e. The third-order valence-electron chi connectivity index (χ3n) is 3.78. The van der Waals surface area contributed by atoms with E-state index in [0.29, 0.717) is 11.4 Å². The first-order valence-corrected chi connectivity index (χ1v) is 6.90. The summed E-state index contributed by atoms with van der Waals surface area (Å²) in [5, 5.41) is 6.90. The van der Waals surface area contributed by atoms with Crippen molar-refractivity contribution in [1.82, 2.24) is 9.78 Å². The van der Waals surface area contributed by atoms with E-state index in [0.717, 1.165) is 6.07 Å². The molecule has 0 saturated carbocycles. The molecule has 1 unspecified atom stereocenters. The Morgan fingerprint density at radius 3 is 2.64 bits per heavy atom. The topological polar surface area (TPSA) is 46.9 Å². The number of halogens is 3. The van der Waals surface area contributed by atoms with Crippen molar-refractivity contribution in [3.8, 4) is 0 Å². The maximum atomic E-state index is 14.1. The predicted octanol–water partition coefficient (Wildman–Crippen LogP) is 3.36. The van der Waals surface area contributed by atoms with Crippen molar-refractivity contribution in [2.24, 2.45) is 0 Å². The maximum absolute atomic E-state index is 14.1. The number of benzene rings is 1. The molecule has 0 radical (unpaired) electrons. The van der Waals surface area contributed by atoms with Gasteiger partial charge in [-0.1, -0.05) is 6.07 Å². The van der Waals surface area contributed by atoms with E-state index in [2.05, 4.69) is 10.4 Å². The van der Waals surface area contributed by atoms with Crippen molar-refractivity contribution in [1.29, 1.82) is 0 Å². The van der Waals surface area contributed by atoms with Crippen LogP contribution < -0.4 is 5.32 Å². The summed E-state index contributed by atoms with van der Waals surface area (Å²) in [7, 11) is 0. The van der Waals surface area contributed by atoms with Crippen molar-refractivity contribution in [3.63, 3.8) is 0 Å². The standard InChI is InChI=1S/C15H14F3N3O/c1-7(2)21-15-10(6-19-21)9(5-12(22)20-15)8-3-4-11(16)14(18)13(8)17/h3-4,6-7,9H,5H2,1-2H3,(H,20,22). The van der Waals surface area contributed by atoms with Crippen LogP contribution in [0.4, 0.5) is 19.0 Å². The van der Waals surface area contributed by atoms with E-state index in [1.165, 1.54) is 12.3 Å². The van der Waals surface area contributed by atoms with Crippen LogP contribution in [-0.2, 0) is 4.79 Å². The minimum Gasteiger partial charge on any atom is -0.311 e. The average molecular weight is 309 g/mol. The van der Waals surface area contributed by atoms with Gasteiger partial charge < -0.3 is 5.32 Å². The molecule has 1 amide bonds. The Morgan fingerprint density at radius 1 is 1.23 bits per heavy atom. The van der Waals surface area contributed by atoms with Crippen LogP contribution in [0, 0.1) is 17.5 Å². The second-order valence-electron chi connectivity index (χ2n) is 5.56. The molecular weight excluding hydrogens is 295 g/mol. The zero-order chi connectivity index (χ0) is 16.0. The molecule has 2 aromatic rings. The first-order valence-electron chi connectivity index (χ1n) is 6.90. The van der Waals surface area contributed by atoms with Gasteiger partial charge in [0.05, 0.1) is 6.20 Å². The number of aromatic nitrogens is 2. The summed E-state index contributed by atoms with van der Waals surface area (Å²) in [6.45, 7) is 3.78. The molecule has 1 atom stereocenters. The van der Waals surface area contributed by atoms with Gasteiger partial charge in [-0.25, -0.2) is 17.9 Å². The summed E-state index contributed by atoms with van der Waals surface area (Å²) in [5.74, 6) is -4.57. The number of nitrogens with zero attached hydrogens (tertiary/aromatic N) is 2. The molecule has 0 aliphatic carbocycles. The number of carbonyl (C=O) groups excluding carboxylic acids is 1. The van der Waals surface area contributed by atoms with Crippen LogP contribution >= 0.6 is 0 Å². The fourth-order valence-corrected chi connectivity index (χ4v) is 2.72. The lowest BCUT2D eigenvalue weighted by Crippen LogP contribution is -2.26. The van der Waals surface area contributed by atoms with Crippen molar-refractivity contribution in [2.75, 3.05) is 5.32 Å². The first-order chi connectivity index (χ1) is 10.4. The van der Waals surface area contributed by atoms with Gasteiger partial charge in [0.2, 0.25) is 5.91 Å². The van der Waals surface area contributed by atoms with E-state index in [9.17, 15) is 18.0 Å². The summed E-state index contributed by atoms with van der Waals surface area (Å²) in [4.78, 5) is 11.9. The van der Waals surface area contributed by atoms with Gasteiger partial charge in [0.15, 0.2) is 17.5 Å². The van der Waals surface area contributed by atoms with E-state index in [-0.39, 0.29) is 23.9 Å². The molecule has 0 spiro atoms. The van der Waals surface area contributed by atoms with Gasteiger partial charge in [-0.05, 0) is 25.5 Å². The van der Waals surface area contributed by atoms with Crippen LogP contribution in [0.15, 0.2) is 18.3 Å². The summed E-state index contributed by atoms with van der Waals surface area (Å²) in [6, 6.07) is 2.04. The number of carbonyl (C=O) groups is 1. The number of amides is 1. The number of anilines is 1. The lowest BCUT2D eigenvalue weighted by Gasteiger charge is -2.25. The van der Waals surface area contributed by atoms with Crippen molar-refractivity contribution < 1.29 is 18.0 Å². The van der Waals surface area contributed by atoms with Crippen molar-refractivity contribution in [2.45, 2.75) is 32.2 Å². The first kappa shape index (κ1) is 14.6. The average Bonchev–Trinajstić information content (AvgIpc) is 2.88. The number of hydrogen-bond acceptors (Lipinski definition) is 2. The molecule has 7 heteroatoms. The lowest BCUT2D eigenvalue weighted by molar-refractivity contribution is -0.116. The molecule has 1 aliphatic rings. The zero-order valence-electron chi connectivity index (χ0n) is 12.0. The highest BCUT2D eigenvalue weighted by Crippen LogP contribution is 2.39. The summed E-state index contributed by atoms with van der Waals surface area (Å²) >= 11 is 0. The molecular formula is C15H14F3N3O. The molecule has 3 rings (SSSR count). The number of fused-ring (bicyclic) bond motifs is 1. The van der Waals surface area contributed by atoms with Crippen LogP contribution in [0.25, 0.3) is 0 Å². The normalized spacial score (nSPS) is 17.5. The molecule has 2 heterocycles. The number of nitrogens with one attached hydrogen (secondary N) is 1. The molecule has 1 aromatic carbocycles. The maximum Gasteiger partial charge on any atom is 0.226 e. The summed E-state index contributed by atoms with van der Waals surface area (Å²) in [6.07, 6.45) is 1.49. The fraction of sp³-hybridized carbons (Fsp3) is 0.333. The summed E-state index contributed by atoms with van der Waals surface area (Å²) < 4.78 is 42.2. The Hall–Kier alpha value is -2.31. The monoisotopic (exact) mass is 309 g/mol. The highest BCUT2D eigenvalue weighted by atomic mass is 19.2. The Kier molecular flexibility index (Phi) is 3.42. The van der Waals surface area contributed by atoms with E-state index < -0.39 is 23.4 Å². The number of hydrogen-bond donors (Lipinski definition) is 1. The van der Waals surface area contributed by atoms with Gasteiger partial charge in [-0.3, -0.25) is 4.79 Å². The van der Waals surface area contributed by atoms with E-state index in [4.69, 9.17) is 0 Å².